The van der Waals surface area contributed by atoms with Crippen molar-refractivity contribution in [1.82, 2.24) is 5.32 Å². The van der Waals surface area contributed by atoms with Crippen LogP contribution in [0.4, 0.5) is 0 Å². The summed E-state index contributed by atoms with van der Waals surface area (Å²) in [5.41, 5.74) is 0. The summed E-state index contributed by atoms with van der Waals surface area (Å²) in [6.45, 7) is 1.11. The first-order valence-corrected chi connectivity index (χ1v) is 6.72. The van der Waals surface area contributed by atoms with Crippen molar-refractivity contribution in [3.8, 4) is 0 Å². The summed E-state index contributed by atoms with van der Waals surface area (Å²) in [5.74, 6) is 0.146. The number of carbonyl (C=O) groups is 1. The fourth-order valence-electron chi connectivity index (χ4n) is 3.15. The third-order valence-corrected chi connectivity index (χ3v) is 4.19. The van der Waals surface area contributed by atoms with Crippen LogP contribution in [-0.2, 0) is 4.79 Å². The maximum absolute atomic E-state index is 10.9. The van der Waals surface area contributed by atoms with E-state index in [-0.39, 0.29) is 5.92 Å². The molecule has 2 unspecified atom stereocenters. The lowest BCUT2D eigenvalue weighted by Gasteiger charge is -2.28. The monoisotopic (exact) mass is 225 g/mol. The van der Waals surface area contributed by atoms with Crippen molar-refractivity contribution in [2.75, 3.05) is 6.54 Å². The quantitative estimate of drug-likeness (QED) is 0.772. The Morgan fingerprint density at radius 3 is 2.56 bits per heavy atom. The fourth-order valence-corrected chi connectivity index (χ4v) is 3.15. The number of hydrogen-bond donors (Lipinski definition) is 2. The minimum absolute atomic E-state index is 0.102. The van der Waals surface area contributed by atoms with Gasteiger partial charge in [-0.15, -0.1) is 0 Å². The Balaban J connectivity index is 1.70. The van der Waals surface area contributed by atoms with Crippen LogP contribution in [-0.4, -0.2) is 23.7 Å². The van der Waals surface area contributed by atoms with Crippen LogP contribution in [0.25, 0.3) is 0 Å². The van der Waals surface area contributed by atoms with Gasteiger partial charge in [0.2, 0.25) is 0 Å². The van der Waals surface area contributed by atoms with E-state index in [1.165, 1.54) is 25.7 Å². The summed E-state index contributed by atoms with van der Waals surface area (Å²) in [6, 6.07) is 0.454. The van der Waals surface area contributed by atoms with Crippen LogP contribution >= 0.6 is 0 Å². The molecule has 3 heteroatoms. The second-order valence-corrected chi connectivity index (χ2v) is 5.46. The van der Waals surface area contributed by atoms with Gasteiger partial charge >= 0.3 is 5.97 Å². The molecule has 0 heterocycles. The summed E-state index contributed by atoms with van der Waals surface area (Å²) >= 11 is 0. The maximum Gasteiger partial charge on any atom is 0.306 e. The molecule has 3 nitrogen and oxygen atoms in total. The lowest BCUT2D eigenvalue weighted by molar-refractivity contribution is -0.143. The van der Waals surface area contributed by atoms with Crippen molar-refractivity contribution >= 4 is 5.97 Å². The molecule has 2 saturated carbocycles. The molecule has 2 aliphatic rings. The third kappa shape index (κ3) is 3.21. The Hall–Kier alpha value is -0.570. The van der Waals surface area contributed by atoms with Gasteiger partial charge in [0.15, 0.2) is 0 Å². The highest BCUT2D eigenvalue weighted by molar-refractivity contribution is 5.70. The van der Waals surface area contributed by atoms with Gasteiger partial charge in [-0.05, 0) is 44.6 Å². The van der Waals surface area contributed by atoms with Crippen LogP contribution < -0.4 is 5.32 Å². The first-order chi connectivity index (χ1) is 7.75. The number of hydrogen-bond acceptors (Lipinski definition) is 2. The predicted octanol–water partition coefficient (Wildman–Crippen LogP) is 2.41. The number of nitrogens with one attached hydrogen (secondary N) is 1. The molecule has 0 aromatic rings. The average Bonchev–Trinajstić information content (AvgIpc) is 2.79. The van der Waals surface area contributed by atoms with Crippen molar-refractivity contribution < 1.29 is 9.90 Å². The maximum atomic E-state index is 10.9. The summed E-state index contributed by atoms with van der Waals surface area (Å²) in [6.07, 6.45) is 9.43. The molecule has 0 aliphatic heterocycles. The largest absolute Gasteiger partial charge is 0.481 e. The molecule has 2 rings (SSSR count). The standard InChI is InChI=1S/C13H23NO2/c15-13(16)11-6-3-7-12(8-11)14-9-10-4-1-2-5-10/h10-12,14H,1-9H2,(H,15,16). The van der Waals surface area contributed by atoms with Gasteiger partial charge in [0.25, 0.3) is 0 Å². The van der Waals surface area contributed by atoms with E-state index in [1.54, 1.807) is 0 Å². The SMILES string of the molecule is O=C(O)C1CCCC(NCC2CCCC2)C1. The normalized spacial score (nSPS) is 31.8. The van der Waals surface area contributed by atoms with E-state index in [4.69, 9.17) is 5.11 Å². The van der Waals surface area contributed by atoms with E-state index in [1.807, 2.05) is 0 Å². The topological polar surface area (TPSA) is 49.3 Å². The Morgan fingerprint density at radius 2 is 1.88 bits per heavy atom. The number of rotatable bonds is 4. The summed E-state index contributed by atoms with van der Waals surface area (Å²) in [7, 11) is 0. The molecule has 0 spiro atoms. The zero-order chi connectivity index (χ0) is 11.4. The summed E-state index contributed by atoms with van der Waals surface area (Å²) in [5, 5.41) is 12.6. The fraction of sp³-hybridized carbons (Fsp3) is 0.923. The van der Waals surface area contributed by atoms with Crippen molar-refractivity contribution in [3.05, 3.63) is 0 Å². The second-order valence-electron chi connectivity index (χ2n) is 5.46. The van der Waals surface area contributed by atoms with E-state index in [9.17, 15) is 4.79 Å². The van der Waals surface area contributed by atoms with E-state index in [2.05, 4.69) is 5.32 Å². The van der Waals surface area contributed by atoms with Crippen LogP contribution in [0, 0.1) is 11.8 Å². The molecule has 0 amide bonds. The molecular formula is C13H23NO2. The van der Waals surface area contributed by atoms with Gasteiger partial charge in [-0.2, -0.15) is 0 Å². The molecule has 92 valence electrons. The Kier molecular flexibility index (Phi) is 4.22. The number of carboxylic acid groups (broad SMARTS) is 1. The zero-order valence-electron chi connectivity index (χ0n) is 9.95. The number of aliphatic carboxylic acids is 1. The zero-order valence-corrected chi connectivity index (χ0v) is 9.95. The van der Waals surface area contributed by atoms with Crippen molar-refractivity contribution in [2.24, 2.45) is 11.8 Å². The molecule has 0 aromatic carbocycles. The lowest BCUT2D eigenvalue weighted by atomic mass is 9.85. The van der Waals surface area contributed by atoms with Crippen molar-refractivity contribution in [2.45, 2.75) is 57.4 Å². The lowest BCUT2D eigenvalue weighted by Crippen LogP contribution is -2.38. The van der Waals surface area contributed by atoms with Gasteiger partial charge in [0.1, 0.15) is 0 Å². The second kappa shape index (κ2) is 5.67. The van der Waals surface area contributed by atoms with Gasteiger partial charge in [0, 0.05) is 6.04 Å². The molecular weight excluding hydrogens is 202 g/mol. The van der Waals surface area contributed by atoms with E-state index >= 15 is 0 Å². The third-order valence-electron chi connectivity index (χ3n) is 4.19. The van der Waals surface area contributed by atoms with Crippen LogP contribution in [0.15, 0.2) is 0 Å². The highest BCUT2D eigenvalue weighted by Crippen LogP contribution is 2.27. The first-order valence-electron chi connectivity index (χ1n) is 6.72. The molecule has 0 aromatic heterocycles. The van der Waals surface area contributed by atoms with Crippen LogP contribution in [0.1, 0.15) is 51.4 Å². The highest BCUT2D eigenvalue weighted by Gasteiger charge is 2.27. The molecule has 2 N–H and O–H groups in total. The molecule has 2 fully saturated rings. The summed E-state index contributed by atoms with van der Waals surface area (Å²) < 4.78 is 0. The van der Waals surface area contributed by atoms with E-state index in [0.29, 0.717) is 6.04 Å². The van der Waals surface area contributed by atoms with Crippen LogP contribution in [0.3, 0.4) is 0 Å². The predicted molar refractivity (Wildman–Crippen MR) is 63.3 cm³/mol. The molecule has 0 bridgehead atoms. The minimum atomic E-state index is -0.604. The van der Waals surface area contributed by atoms with Crippen molar-refractivity contribution in [3.63, 3.8) is 0 Å². The molecule has 0 radical (unpaired) electrons. The Labute approximate surface area is 97.6 Å². The molecule has 2 aliphatic carbocycles. The van der Waals surface area contributed by atoms with Crippen LogP contribution in [0.5, 0.6) is 0 Å². The van der Waals surface area contributed by atoms with Gasteiger partial charge in [0.05, 0.1) is 5.92 Å². The molecule has 2 atom stereocenters. The van der Waals surface area contributed by atoms with E-state index < -0.39 is 5.97 Å². The number of carboxylic acids is 1. The summed E-state index contributed by atoms with van der Waals surface area (Å²) in [4.78, 5) is 10.9. The Morgan fingerprint density at radius 1 is 1.12 bits per heavy atom. The van der Waals surface area contributed by atoms with Gasteiger partial charge in [-0.3, -0.25) is 4.79 Å². The van der Waals surface area contributed by atoms with Crippen molar-refractivity contribution in [1.29, 1.82) is 0 Å². The smallest absolute Gasteiger partial charge is 0.306 e. The molecule has 0 saturated heterocycles. The van der Waals surface area contributed by atoms with Gasteiger partial charge in [-0.25, -0.2) is 0 Å². The molecule has 16 heavy (non-hydrogen) atoms. The average molecular weight is 225 g/mol. The highest BCUT2D eigenvalue weighted by atomic mass is 16.4. The van der Waals surface area contributed by atoms with Gasteiger partial charge in [-0.1, -0.05) is 19.3 Å². The van der Waals surface area contributed by atoms with E-state index in [0.717, 1.165) is 38.1 Å². The minimum Gasteiger partial charge on any atom is -0.481 e. The van der Waals surface area contributed by atoms with Crippen LogP contribution in [0.2, 0.25) is 0 Å². The Bertz CT molecular complexity index is 236. The van der Waals surface area contributed by atoms with Gasteiger partial charge < -0.3 is 10.4 Å². The first kappa shape index (κ1) is 11.9.